The summed E-state index contributed by atoms with van der Waals surface area (Å²) >= 11 is 6.19. The molecule has 0 aliphatic carbocycles. The van der Waals surface area contributed by atoms with Gasteiger partial charge >= 0.3 is 0 Å². The minimum Gasteiger partial charge on any atom is -0.381 e. The van der Waals surface area contributed by atoms with Crippen molar-refractivity contribution < 1.29 is 14.3 Å². The number of ether oxygens (including phenoxy) is 2. The summed E-state index contributed by atoms with van der Waals surface area (Å²) in [6.45, 7) is 13.9. The summed E-state index contributed by atoms with van der Waals surface area (Å²) < 4.78 is 11.1. The molecule has 126 valence electrons. The molecule has 0 aromatic heterocycles. The van der Waals surface area contributed by atoms with Gasteiger partial charge in [0.15, 0.2) is 5.56 Å². The summed E-state index contributed by atoms with van der Waals surface area (Å²) in [5.74, 6) is 0.469. The minimum absolute atomic E-state index is 0.100. The Morgan fingerprint density at radius 2 is 1.62 bits per heavy atom. The molecule has 1 atom stereocenters. The molecule has 1 aliphatic rings. The Morgan fingerprint density at radius 1 is 1.10 bits per heavy atom. The summed E-state index contributed by atoms with van der Waals surface area (Å²) in [7, 11) is 1.78. The lowest BCUT2D eigenvalue weighted by Gasteiger charge is -2.53. The van der Waals surface area contributed by atoms with Crippen molar-refractivity contribution in [2.45, 2.75) is 77.1 Å². The predicted molar refractivity (Wildman–Crippen MR) is 86.4 cm³/mol. The molecule has 1 saturated heterocycles. The van der Waals surface area contributed by atoms with Crippen molar-refractivity contribution in [3.63, 3.8) is 0 Å². The van der Waals surface area contributed by atoms with Crippen LogP contribution in [-0.4, -0.2) is 48.1 Å². The molecule has 0 N–H and O–H groups in total. The summed E-state index contributed by atoms with van der Waals surface area (Å²) in [4.78, 5) is 6.02. The Balaban J connectivity index is 2.59. The van der Waals surface area contributed by atoms with Gasteiger partial charge in [-0.3, -0.25) is 4.84 Å². The van der Waals surface area contributed by atoms with Crippen LogP contribution in [0.4, 0.5) is 0 Å². The van der Waals surface area contributed by atoms with Crippen molar-refractivity contribution in [2.24, 2.45) is 5.92 Å². The molecule has 1 heterocycles. The first kappa shape index (κ1) is 19.2. The fourth-order valence-electron chi connectivity index (χ4n) is 3.17. The highest BCUT2D eigenvalue weighted by atomic mass is 35.5. The van der Waals surface area contributed by atoms with E-state index in [-0.39, 0.29) is 17.2 Å². The first-order valence-corrected chi connectivity index (χ1v) is 8.24. The van der Waals surface area contributed by atoms with Crippen LogP contribution in [0, 0.1) is 5.92 Å². The Labute approximate surface area is 135 Å². The van der Waals surface area contributed by atoms with Crippen LogP contribution in [0.2, 0.25) is 0 Å². The summed E-state index contributed by atoms with van der Waals surface area (Å²) in [6, 6.07) is 0. The van der Waals surface area contributed by atoms with Gasteiger partial charge in [0.25, 0.3) is 0 Å². The maximum Gasteiger partial charge on any atom is 0.156 e. The van der Waals surface area contributed by atoms with Crippen LogP contribution in [0.3, 0.4) is 0 Å². The van der Waals surface area contributed by atoms with E-state index in [2.05, 4.69) is 46.6 Å². The number of methoxy groups -OCH3 is 1. The number of nitrogens with zero attached hydrogens (tertiary/aromatic N) is 1. The van der Waals surface area contributed by atoms with Gasteiger partial charge in [0.1, 0.15) is 6.61 Å². The number of alkyl halides is 1. The summed E-state index contributed by atoms with van der Waals surface area (Å²) in [5.41, 5.74) is -0.618. The van der Waals surface area contributed by atoms with Crippen molar-refractivity contribution >= 4 is 11.6 Å². The second-order valence-electron chi connectivity index (χ2n) is 7.62. The summed E-state index contributed by atoms with van der Waals surface area (Å²) in [5, 5.41) is 2.07. The van der Waals surface area contributed by atoms with Crippen molar-refractivity contribution in [1.29, 1.82) is 0 Å². The Bertz CT molecular complexity index is 303. The van der Waals surface area contributed by atoms with E-state index in [4.69, 9.17) is 25.9 Å². The highest BCUT2D eigenvalue weighted by Gasteiger charge is 2.46. The van der Waals surface area contributed by atoms with E-state index in [1.165, 1.54) is 0 Å². The van der Waals surface area contributed by atoms with Gasteiger partial charge in [0.05, 0.1) is 12.7 Å². The SMILES string of the molecule is COC1CC(C)(C)N(OCC(Cl)OCC(C)C)C(C)(C)C1. The van der Waals surface area contributed by atoms with E-state index >= 15 is 0 Å². The molecule has 0 amide bonds. The van der Waals surface area contributed by atoms with Gasteiger partial charge in [-0.25, -0.2) is 0 Å². The van der Waals surface area contributed by atoms with Crippen LogP contribution in [0.25, 0.3) is 0 Å². The van der Waals surface area contributed by atoms with Crippen molar-refractivity contribution in [3.8, 4) is 0 Å². The third-order valence-corrected chi connectivity index (χ3v) is 4.08. The van der Waals surface area contributed by atoms with E-state index in [0.29, 0.717) is 19.1 Å². The van der Waals surface area contributed by atoms with Gasteiger partial charge in [-0.05, 0) is 46.5 Å². The molecule has 0 radical (unpaired) electrons. The largest absolute Gasteiger partial charge is 0.381 e. The number of halogens is 1. The molecule has 1 unspecified atom stereocenters. The van der Waals surface area contributed by atoms with E-state index in [1.54, 1.807) is 7.11 Å². The predicted octanol–water partition coefficient (Wildman–Crippen LogP) is 3.82. The van der Waals surface area contributed by atoms with Crippen LogP contribution < -0.4 is 0 Å². The molecule has 0 saturated carbocycles. The third-order valence-electron chi connectivity index (χ3n) is 3.83. The normalized spacial score (nSPS) is 24.4. The molecule has 21 heavy (non-hydrogen) atoms. The zero-order chi connectivity index (χ0) is 16.3. The summed E-state index contributed by atoms with van der Waals surface area (Å²) in [6.07, 6.45) is 2.14. The van der Waals surface area contributed by atoms with Gasteiger partial charge in [-0.15, -0.1) is 0 Å². The zero-order valence-corrected chi connectivity index (χ0v) is 15.4. The standard InChI is InChI=1S/C16H32ClNO3/c1-12(2)10-20-14(17)11-21-18-15(3,4)8-13(19-7)9-16(18,5)6/h12-14H,8-11H2,1-7H3. The van der Waals surface area contributed by atoms with E-state index in [0.717, 1.165) is 12.8 Å². The van der Waals surface area contributed by atoms with Crippen molar-refractivity contribution in [3.05, 3.63) is 0 Å². The van der Waals surface area contributed by atoms with Gasteiger partial charge in [-0.2, -0.15) is 5.06 Å². The highest BCUT2D eigenvalue weighted by molar-refractivity contribution is 6.19. The lowest BCUT2D eigenvalue weighted by molar-refractivity contribution is -0.299. The fourth-order valence-corrected chi connectivity index (χ4v) is 3.29. The third kappa shape index (κ3) is 5.68. The monoisotopic (exact) mass is 321 g/mol. The minimum atomic E-state index is -0.417. The number of rotatable bonds is 7. The van der Waals surface area contributed by atoms with Crippen LogP contribution in [0.15, 0.2) is 0 Å². The highest BCUT2D eigenvalue weighted by Crippen LogP contribution is 2.39. The smallest absolute Gasteiger partial charge is 0.156 e. The molecular weight excluding hydrogens is 290 g/mol. The lowest BCUT2D eigenvalue weighted by Crippen LogP contribution is -2.62. The molecule has 0 spiro atoms. The first-order valence-electron chi connectivity index (χ1n) is 7.80. The number of hydroxylamine groups is 2. The van der Waals surface area contributed by atoms with Gasteiger partial charge < -0.3 is 9.47 Å². The molecule has 1 fully saturated rings. The molecule has 0 bridgehead atoms. The Hall–Kier alpha value is 0.130. The molecule has 5 heteroatoms. The van der Waals surface area contributed by atoms with Gasteiger partial charge in [0.2, 0.25) is 0 Å². The van der Waals surface area contributed by atoms with Gasteiger partial charge in [-0.1, -0.05) is 25.4 Å². The Kier molecular flexibility index (Phi) is 6.94. The Morgan fingerprint density at radius 3 is 2.05 bits per heavy atom. The van der Waals surface area contributed by atoms with E-state index in [1.807, 2.05) is 0 Å². The molecule has 0 aromatic carbocycles. The maximum absolute atomic E-state index is 6.19. The maximum atomic E-state index is 6.19. The molecule has 0 aromatic rings. The van der Waals surface area contributed by atoms with E-state index in [9.17, 15) is 0 Å². The second-order valence-corrected chi connectivity index (χ2v) is 8.10. The molecular formula is C16H32ClNO3. The number of hydrogen-bond donors (Lipinski definition) is 0. The molecule has 1 rings (SSSR count). The average molecular weight is 322 g/mol. The van der Waals surface area contributed by atoms with Crippen LogP contribution >= 0.6 is 11.6 Å². The van der Waals surface area contributed by atoms with E-state index < -0.39 is 5.56 Å². The first-order chi connectivity index (χ1) is 9.58. The quantitative estimate of drug-likeness (QED) is 0.667. The topological polar surface area (TPSA) is 30.9 Å². The fraction of sp³-hybridized carbons (Fsp3) is 1.00. The van der Waals surface area contributed by atoms with Crippen LogP contribution in [-0.2, 0) is 14.3 Å². The zero-order valence-electron chi connectivity index (χ0n) is 14.6. The van der Waals surface area contributed by atoms with Crippen LogP contribution in [0.1, 0.15) is 54.4 Å². The van der Waals surface area contributed by atoms with Crippen LogP contribution in [0.5, 0.6) is 0 Å². The van der Waals surface area contributed by atoms with Crippen molar-refractivity contribution in [1.82, 2.24) is 5.06 Å². The average Bonchev–Trinajstić information content (AvgIpc) is 2.33. The number of hydrogen-bond acceptors (Lipinski definition) is 4. The van der Waals surface area contributed by atoms with Crippen molar-refractivity contribution in [2.75, 3.05) is 20.3 Å². The van der Waals surface area contributed by atoms with Gasteiger partial charge in [0, 0.05) is 18.2 Å². The lowest BCUT2D eigenvalue weighted by atomic mass is 9.80. The molecule has 4 nitrogen and oxygen atoms in total. The second kappa shape index (κ2) is 7.60. The number of piperidine rings is 1. The molecule has 1 aliphatic heterocycles.